The fourth-order valence-electron chi connectivity index (χ4n) is 6.11. The molecule has 1 aromatic carbocycles. The van der Waals surface area contributed by atoms with Gasteiger partial charge in [0.05, 0.1) is 24.9 Å². The Morgan fingerprint density at radius 1 is 1.24 bits per heavy atom. The second kappa shape index (κ2) is 12.2. The van der Waals surface area contributed by atoms with Gasteiger partial charge in [0.15, 0.2) is 5.13 Å². The lowest BCUT2D eigenvalue weighted by molar-refractivity contribution is -0.145. The van der Waals surface area contributed by atoms with Crippen LogP contribution in [0.2, 0.25) is 0 Å². The van der Waals surface area contributed by atoms with Crippen molar-refractivity contribution in [3.63, 3.8) is 0 Å². The molecule has 0 bridgehead atoms. The van der Waals surface area contributed by atoms with Crippen molar-refractivity contribution < 1.29 is 33.8 Å². The van der Waals surface area contributed by atoms with Crippen LogP contribution < -0.4 is 25.4 Å². The zero-order chi connectivity index (χ0) is 32.7. The molecule has 242 valence electrons. The summed E-state index contributed by atoms with van der Waals surface area (Å²) in [7, 11) is 1.57. The molecule has 4 N–H and O–H groups in total. The molecule has 6 rings (SSSR count). The topological polar surface area (TPSA) is 172 Å². The van der Waals surface area contributed by atoms with Crippen LogP contribution in [0, 0.1) is 5.92 Å². The normalized spacial score (nSPS) is 25.3. The van der Waals surface area contributed by atoms with Crippen molar-refractivity contribution >= 4 is 51.1 Å². The number of carboxylic acid groups (broad SMARTS) is 1. The van der Waals surface area contributed by atoms with Crippen LogP contribution in [0.1, 0.15) is 39.5 Å². The average molecular weight is 649 g/mol. The number of hydrogen-bond acceptors (Lipinski definition) is 10. The van der Waals surface area contributed by atoms with Gasteiger partial charge in [0.1, 0.15) is 40.9 Å². The third-order valence-corrected chi connectivity index (χ3v) is 9.39. The van der Waals surface area contributed by atoms with Crippen molar-refractivity contribution in [2.45, 2.75) is 69.3 Å². The van der Waals surface area contributed by atoms with E-state index in [9.17, 15) is 24.3 Å². The van der Waals surface area contributed by atoms with E-state index in [0.717, 1.165) is 5.13 Å². The van der Waals surface area contributed by atoms with Gasteiger partial charge in [-0.25, -0.2) is 14.8 Å². The second-order valence-corrected chi connectivity index (χ2v) is 13.0. The SMILES string of the molecule is C=C[C@@H]1C[C@]1(NC(=O)[C@@H]1C[C@@H](Oc2cc(-c3csc(NC(C)C)n3)nc3cc(OC)ccc23)CN1C(=O)[C@@H]1CCC(=O)N1)C(=O)O. The molecule has 3 fully saturated rings. The molecule has 3 aromatic rings. The highest BCUT2D eigenvalue weighted by atomic mass is 32.1. The number of thiazole rings is 1. The van der Waals surface area contributed by atoms with Gasteiger partial charge in [0.25, 0.3) is 0 Å². The number of ether oxygens (including phenoxy) is 2. The number of nitrogens with one attached hydrogen (secondary N) is 3. The van der Waals surface area contributed by atoms with Gasteiger partial charge in [-0.1, -0.05) is 6.08 Å². The maximum absolute atomic E-state index is 13.7. The summed E-state index contributed by atoms with van der Waals surface area (Å²) in [5, 5.41) is 21.9. The lowest BCUT2D eigenvalue weighted by Gasteiger charge is -2.27. The average Bonchev–Trinajstić information content (AvgIpc) is 3.38. The number of hydrogen-bond donors (Lipinski definition) is 4. The summed E-state index contributed by atoms with van der Waals surface area (Å²) in [6.07, 6.45) is 1.74. The van der Waals surface area contributed by atoms with Crippen molar-refractivity contribution in [2.75, 3.05) is 19.0 Å². The van der Waals surface area contributed by atoms with Crippen LogP contribution >= 0.6 is 11.3 Å². The van der Waals surface area contributed by atoms with Crippen LogP contribution in [0.15, 0.2) is 42.3 Å². The van der Waals surface area contributed by atoms with Gasteiger partial charge >= 0.3 is 5.97 Å². The molecule has 0 radical (unpaired) electrons. The van der Waals surface area contributed by atoms with Gasteiger partial charge < -0.3 is 35.4 Å². The van der Waals surface area contributed by atoms with Crippen molar-refractivity contribution in [3.8, 4) is 22.9 Å². The maximum Gasteiger partial charge on any atom is 0.330 e. The Bertz CT molecular complexity index is 1730. The smallest absolute Gasteiger partial charge is 0.330 e. The van der Waals surface area contributed by atoms with E-state index in [4.69, 9.17) is 19.4 Å². The van der Waals surface area contributed by atoms with Crippen LogP contribution in [0.3, 0.4) is 0 Å². The number of aliphatic carboxylic acids is 1. The van der Waals surface area contributed by atoms with E-state index in [1.165, 1.54) is 22.3 Å². The molecule has 13 nitrogen and oxygen atoms in total. The number of anilines is 1. The first-order valence-electron chi connectivity index (χ1n) is 15.2. The van der Waals surface area contributed by atoms with Gasteiger partial charge in [-0.05, 0) is 38.8 Å². The summed E-state index contributed by atoms with van der Waals surface area (Å²) < 4.78 is 12.0. The first-order chi connectivity index (χ1) is 22.0. The summed E-state index contributed by atoms with van der Waals surface area (Å²) >= 11 is 1.46. The summed E-state index contributed by atoms with van der Waals surface area (Å²) in [4.78, 5) is 62.3. The van der Waals surface area contributed by atoms with E-state index in [2.05, 4.69) is 22.5 Å². The molecule has 4 heterocycles. The molecule has 14 heteroatoms. The number of aromatic nitrogens is 2. The molecule has 0 unspecified atom stereocenters. The number of fused-ring (bicyclic) bond motifs is 1. The fourth-order valence-corrected chi connectivity index (χ4v) is 6.96. The molecule has 0 spiro atoms. The first kappa shape index (κ1) is 31.3. The molecule has 3 aliphatic rings. The molecular formula is C32H36N6O7S. The molecule has 46 heavy (non-hydrogen) atoms. The number of likely N-dealkylation sites (tertiary alicyclic amines) is 1. The number of benzene rings is 1. The Morgan fingerprint density at radius 2 is 2.04 bits per heavy atom. The van der Waals surface area contributed by atoms with E-state index in [-0.39, 0.29) is 37.8 Å². The maximum atomic E-state index is 13.7. The van der Waals surface area contributed by atoms with Gasteiger partial charge in [-0.2, -0.15) is 0 Å². The largest absolute Gasteiger partial charge is 0.497 e. The molecule has 5 atom stereocenters. The fraction of sp³-hybridized carbons (Fsp3) is 0.438. The van der Waals surface area contributed by atoms with E-state index in [1.807, 2.05) is 25.3 Å². The third-order valence-electron chi connectivity index (χ3n) is 8.62. The highest BCUT2D eigenvalue weighted by Crippen LogP contribution is 2.45. The minimum atomic E-state index is -1.46. The molecule has 2 saturated heterocycles. The lowest BCUT2D eigenvalue weighted by atomic mass is 10.1. The van der Waals surface area contributed by atoms with Gasteiger partial charge in [-0.15, -0.1) is 17.9 Å². The van der Waals surface area contributed by atoms with E-state index in [1.54, 1.807) is 25.3 Å². The molecule has 1 aliphatic carbocycles. The number of pyridine rings is 1. The van der Waals surface area contributed by atoms with Gasteiger partial charge in [0, 0.05) is 47.7 Å². The van der Waals surface area contributed by atoms with Crippen LogP contribution in [0.4, 0.5) is 5.13 Å². The standard InChI is InChI=1S/C32H36N6O7S/c1-5-17-13-32(17,30(42)43)37-28(40)25-11-19(14-38(25)29(41)21-8-9-27(39)35-21)45-26-12-23(24-15-46-31(36-24)33-16(2)3)34-22-10-18(44-4)6-7-20(22)26/h5-7,10,12,15-17,19,21,25H,1,8-9,11,13-14H2,2-4H3,(H,33,36)(H,35,39)(H,37,40)(H,42,43)/t17-,19-,21+,25+,32-/m1/s1. The van der Waals surface area contributed by atoms with Gasteiger partial charge in [0.2, 0.25) is 17.7 Å². The second-order valence-electron chi connectivity index (χ2n) is 12.2. The zero-order valence-electron chi connectivity index (χ0n) is 25.7. The van der Waals surface area contributed by atoms with Gasteiger partial charge in [-0.3, -0.25) is 14.4 Å². The van der Waals surface area contributed by atoms with Crippen LogP contribution in [-0.2, 0) is 19.2 Å². The summed E-state index contributed by atoms with van der Waals surface area (Å²) in [6.45, 7) is 7.80. The Balaban J connectivity index is 1.31. The van der Waals surface area contributed by atoms with Crippen LogP contribution in [0.5, 0.6) is 11.5 Å². The Labute approximate surface area is 269 Å². The number of carboxylic acids is 1. The summed E-state index contributed by atoms with van der Waals surface area (Å²) in [6, 6.07) is 5.65. The molecule has 3 amide bonds. The van der Waals surface area contributed by atoms with Crippen molar-refractivity contribution in [2.24, 2.45) is 5.92 Å². The van der Waals surface area contributed by atoms with Crippen molar-refractivity contribution in [1.29, 1.82) is 0 Å². The molecule has 2 aliphatic heterocycles. The van der Waals surface area contributed by atoms with E-state index in [0.29, 0.717) is 40.2 Å². The minimum absolute atomic E-state index is 0.0582. The van der Waals surface area contributed by atoms with Crippen LogP contribution in [-0.4, -0.2) is 87.1 Å². The predicted molar refractivity (Wildman–Crippen MR) is 171 cm³/mol. The number of carbonyl (C=O) groups is 4. The third kappa shape index (κ3) is 5.96. The van der Waals surface area contributed by atoms with E-state index < -0.39 is 47.4 Å². The highest BCUT2D eigenvalue weighted by molar-refractivity contribution is 7.14. The quantitative estimate of drug-likeness (QED) is 0.227. The number of amides is 3. The first-order valence-corrected chi connectivity index (χ1v) is 16.0. The highest BCUT2D eigenvalue weighted by Gasteiger charge is 2.61. The zero-order valence-corrected chi connectivity index (χ0v) is 26.6. The predicted octanol–water partition coefficient (Wildman–Crippen LogP) is 2.96. The Morgan fingerprint density at radius 3 is 2.70 bits per heavy atom. The van der Waals surface area contributed by atoms with Crippen molar-refractivity contribution in [3.05, 3.63) is 42.3 Å². The minimum Gasteiger partial charge on any atom is -0.497 e. The Kier molecular flexibility index (Phi) is 8.32. The molecule has 1 saturated carbocycles. The van der Waals surface area contributed by atoms with Crippen molar-refractivity contribution in [1.82, 2.24) is 25.5 Å². The number of methoxy groups -OCH3 is 1. The van der Waals surface area contributed by atoms with E-state index >= 15 is 0 Å². The summed E-state index contributed by atoms with van der Waals surface area (Å²) in [5.41, 5.74) is 0.380. The number of carbonyl (C=O) groups excluding carboxylic acids is 3. The molecular weight excluding hydrogens is 612 g/mol. The molecule has 2 aromatic heterocycles. The monoisotopic (exact) mass is 648 g/mol. The lowest BCUT2D eigenvalue weighted by Crippen LogP contribution is -2.55. The van der Waals surface area contributed by atoms with Crippen LogP contribution in [0.25, 0.3) is 22.3 Å². The number of nitrogens with zero attached hydrogens (tertiary/aromatic N) is 3. The number of rotatable bonds is 11. The summed E-state index contributed by atoms with van der Waals surface area (Å²) in [5.74, 6) is -1.70. The Hall–Kier alpha value is -4.72.